The second kappa shape index (κ2) is 8.24. The minimum Gasteiger partial charge on any atom is -0.294 e. The van der Waals surface area contributed by atoms with Crippen molar-refractivity contribution in [2.75, 3.05) is 5.33 Å². The van der Waals surface area contributed by atoms with Gasteiger partial charge in [0.25, 0.3) is 0 Å². The van der Waals surface area contributed by atoms with Crippen molar-refractivity contribution in [2.45, 2.75) is 0 Å². The Labute approximate surface area is 160 Å². The number of ketones is 1. The van der Waals surface area contributed by atoms with E-state index in [-0.39, 0.29) is 5.78 Å². The Bertz CT molecular complexity index is 979. The zero-order chi connectivity index (χ0) is 17.6. The van der Waals surface area contributed by atoms with Crippen LogP contribution < -0.4 is 0 Å². The minimum absolute atomic E-state index is 0.0416. The molecule has 0 radical (unpaired) electrons. The SMILES string of the molecule is O=C(/C=C/c1cccc(/C=C/c2ccc3ccc(Cl)cc3n2)c1)CBr. The third kappa shape index (κ3) is 4.88. The highest BCUT2D eigenvalue weighted by Gasteiger charge is 1.98. The number of nitrogens with zero attached hydrogens (tertiary/aromatic N) is 1. The molecule has 0 amide bonds. The van der Waals surface area contributed by atoms with E-state index in [2.05, 4.69) is 20.9 Å². The highest BCUT2D eigenvalue weighted by atomic mass is 79.9. The molecule has 2 aromatic carbocycles. The maximum Gasteiger partial charge on any atom is 0.166 e. The molecular formula is C21H15BrClNO. The molecule has 0 aliphatic carbocycles. The largest absolute Gasteiger partial charge is 0.294 e. The molecular weight excluding hydrogens is 398 g/mol. The molecule has 1 aromatic heterocycles. The number of allylic oxidation sites excluding steroid dienone is 1. The molecule has 0 fully saturated rings. The normalized spacial score (nSPS) is 11.6. The standard InChI is InChI=1S/C21H15BrClNO/c22-14-20(25)11-5-16-3-1-2-15(12-16)4-9-19-10-7-17-6-8-18(23)13-21(17)24-19/h1-13H,14H2/b9-4+,11-5+. The van der Waals surface area contributed by atoms with E-state index in [0.29, 0.717) is 10.4 Å². The third-order valence-electron chi connectivity index (χ3n) is 3.63. The summed E-state index contributed by atoms with van der Waals surface area (Å²) in [5.41, 5.74) is 3.76. The Hall–Kier alpha value is -2.23. The molecule has 0 bridgehead atoms. The zero-order valence-corrected chi connectivity index (χ0v) is 15.7. The first kappa shape index (κ1) is 17.6. The molecule has 1 heterocycles. The van der Waals surface area contributed by atoms with Crippen LogP contribution in [0.1, 0.15) is 16.8 Å². The van der Waals surface area contributed by atoms with Crippen LogP contribution >= 0.6 is 27.5 Å². The minimum atomic E-state index is 0.0416. The highest BCUT2D eigenvalue weighted by Crippen LogP contribution is 2.19. The first-order chi connectivity index (χ1) is 12.1. The summed E-state index contributed by atoms with van der Waals surface area (Å²) >= 11 is 9.18. The maximum atomic E-state index is 11.3. The number of aromatic nitrogens is 1. The van der Waals surface area contributed by atoms with Crippen LogP contribution in [0, 0.1) is 0 Å². The van der Waals surface area contributed by atoms with Crippen molar-refractivity contribution in [3.05, 3.63) is 82.5 Å². The van der Waals surface area contributed by atoms with Gasteiger partial charge in [-0.05, 0) is 47.5 Å². The molecule has 124 valence electrons. The lowest BCUT2D eigenvalue weighted by atomic mass is 10.1. The molecule has 3 aromatic rings. The summed E-state index contributed by atoms with van der Waals surface area (Å²) < 4.78 is 0. The van der Waals surface area contributed by atoms with Crippen LogP contribution in [0.3, 0.4) is 0 Å². The lowest BCUT2D eigenvalue weighted by molar-refractivity contribution is -0.112. The number of carbonyl (C=O) groups excluding carboxylic acids is 1. The Kier molecular flexibility index (Phi) is 5.79. The molecule has 0 aliphatic rings. The van der Waals surface area contributed by atoms with Crippen LogP contribution in [0.2, 0.25) is 5.02 Å². The van der Waals surface area contributed by atoms with Gasteiger partial charge in [-0.25, -0.2) is 4.98 Å². The third-order valence-corrected chi connectivity index (χ3v) is 4.41. The lowest BCUT2D eigenvalue weighted by Crippen LogP contribution is -1.91. The van der Waals surface area contributed by atoms with Crippen LogP contribution in [0.5, 0.6) is 0 Å². The summed E-state index contributed by atoms with van der Waals surface area (Å²) in [7, 11) is 0. The summed E-state index contributed by atoms with van der Waals surface area (Å²) in [6.45, 7) is 0. The number of pyridine rings is 1. The molecule has 4 heteroatoms. The summed E-state index contributed by atoms with van der Waals surface area (Å²) in [4.78, 5) is 16.0. The van der Waals surface area contributed by atoms with E-state index in [4.69, 9.17) is 11.6 Å². The average Bonchev–Trinajstić information content (AvgIpc) is 2.64. The molecule has 2 nitrogen and oxygen atoms in total. The van der Waals surface area contributed by atoms with E-state index in [1.54, 1.807) is 6.08 Å². The zero-order valence-electron chi connectivity index (χ0n) is 13.3. The Balaban J connectivity index is 1.82. The fourth-order valence-corrected chi connectivity index (χ4v) is 2.73. The predicted molar refractivity (Wildman–Crippen MR) is 110 cm³/mol. The van der Waals surface area contributed by atoms with Gasteiger partial charge in [-0.1, -0.05) is 70.0 Å². The van der Waals surface area contributed by atoms with Gasteiger partial charge < -0.3 is 0 Å². The number of fused-ring (bicyclic) bond motifs is 1. The van der Waals surface area contributed by atoms with Crippen molar-refractivity contribution in [1.29, 1.82) is 0 Å². The van der Waals surface area contributed by atoms with Crippen molar-refractivity contribution in [2.24, 2.45) is 0 Å². The molecule has 0 aliphatic heterocycles. The lowest BCUT2D eigenvalue weighted by Gasteiger charge is -2.00. The van der Waals surface area contributed by atoms with Crippen LogP contribution in [-0.4, -0.2) is 16.1 Å². The smallest absolute Gasteiger partial charge is 0.166 e. The van der Waals surface area contributed by atoms with Crippen molar-refractivity contribution in [1.82, 2.24) is 4.98 Å². The number of benzene rings is 2. The maximum absolute atomic E-state index is 11.3. The van der Waals surface area contributed by atoms with Crippen LogP contribution in [0.15, 0.2) is 60.7 Å². The first-order valence-electron chi connectivity index (χ1n) is 7.75. The summed E-state index contributed by atoms with van der Waals surface area (Å²) in [5, 5.41) is 2.07. The van der Waals surface area contributed by atoms with Crippen LogP contribution in [0.4, 0.5) is 0 Å². The van der Waals surface area contributed by atoms with Gasteiger partial charge in [0.1, 0.15) is 0 Å². The monoisotopic (exact) mass is 411 g/mol. The van der Waals surface area contributed by atoms with E-state index < -0.39 is 0 Å². The number of hydrogen-bond acceptors (Lipinski definition) is 2. The van der Waals surface area contributed by atoms with Crippen molar-refractivity contribution < 1.29 is 4.79 Å². The number of hydrogen-bond donors (Lipinski definition) is 0. The second-order valence-electron chi connectivity index (χ2n) is 5.51. The molecule has 0 atom stereocenters. The molecule has 0 N–H and O–H groups in total. The van der Waals surface area contributed by atoms with Gasteiger partial charge in [-0.2, -0.15) is 0 Å². The molecule has 0 spiro atoms. The van der Waals surface area contributed by atoms with Gasteiger partial charge in [0.2, 0.25) is 0 Å². The summed E-state index contributed by atoms with van der Waals surface area (Å²) in [6.07, 6.45) is 7.36. The Morgan fingerprint density at radius 3 is 2.56 bits per heavy atom. The van der Waals surface area contributed by atoms with E-state index in [0.717, 1.165) is 27.7 Å². The van der Waals surface area contributed by atoms with Crippen molar-refractivity contribution in [3.63, 3.8) is 0 Å². The van der Waals surface area contributed by atoms with E-state index in [1.807, 2.05) is 72.8 Å². The van der Waals surface area contributed by atoms with E-state index in [1.165, 1.54) is 0 Å². The van der Waals surface area contributed by atoms with Gasteiger partial charge in [0, 0.05) is 10.4 Å². The summed E-state index contributed by atoms with van der Waals surface area (Å²) in [6, 6.07) is 17.7. The number of carbonyl (C=O) groups is 1. The van der Waals surface area contributed by atoms with Crippen LogP contribution in [0.25, 0.3) is 29.1 Å². The van der Waals surface area contributed by atoms with Gasteiger partial charge in [-0.15, -0.1) is 0 Å². The quantitative estimate of drug-likeness (QED) is 0.378. The van der Waals surface area contributed by atoms with Crippen molar-refractivity contribution in [3.8, 4) is 0 Å². The topological polar surface area (TPSA) is 30.0 Å². The summed E-state index contributed by atoms with van der Waals surface area (Å²) in [5.74, 6) is 0.0416. The average molecular weight is 413 g/mol. The van der Waals surface area contributed by atoms with Gasteiger partial charge in [0.05, 0.1) is 16.5 Å². The fourth-order valence-electron chi connectivity index (χ4n) is 2.38. The predicted octanol–water partition coefficient (Wildman–Crippen LogP) is 6.04. The molecule has 0 unspecified atom stereocenters. The highest BCUT2D eigenvalue weighted by molar-refractivity contribution is 9.09. The molecule has 25 heavy (non-hydrogen) atoms. The second-order valence-corrected chi connectivity index (χ2v) is 6.51. The molecule has 0 saturated carbocycles. The van der Waals surface area contributed by atoms with Crippen molar-refractivity contribution >= 4 is 62.4 Å². The van der Waals surface area contributed by atoms with Crippen LogP contribution in [-0.2, 0) is 4.79 Å². The number of alkyl halides is 1. The molecule has 3 rings (SSSR count). The van der Waals surface area contributed by atoms with Gasteiger partial charge >= 0.3 is 0 Å². The number of rotatable bonds is 5. The first-order valence-corrected chi connectivity index (χ1v) is 9.25. The fraction of sp³-hybridized carbons (Fsp3) is 0.0476. The molecule has 0 saturated heterocycles. The van der Waals surface area contributed by atoms with Gasteiger partial charge in [0.15, 0.2) is 5.78 Å². The van der Waals surface area contributed by atoms with E-state index in [9.17, 15) is 4.79 Å². The Morgan fingerprint density at radius 1 is 1.00 bits per heavy atom. The Morgan fingerprint density at radius 2 is 1.76 bits per heavy atom. The number of halogens is 2. The van der Waals surface area contributed by atoms with Gasteiger partial charge in [-0.3, -0.25) is 4.79 Å². The van der Waals surface area contributed by atoms with E-state index >= 15 is 0 Å².